The van der Waals surface area contributed by atoms with Gasteiger partial charge in [0.15, 0.2) is 5.28 Å². The van der Waals surface area contributed by atoms with Crippen LogP contribution < -0.4 is 0 Å². The molecule has 0 saturated carbocycles. The topological polar surface area (TPSA) is 31.9 Å². The van der Waals surface area contributed by atoms with Gasteiger partial charge in [0.25, 0.3) is 0 Å². The molecule has 3 nitrogen and oxygen atoms in total. The van der Waals surface area contributed by atoms with Crippen LogP contribution in [-0.2, 0) is 0 Å². The number of nitrogens with one attached hydrogen (secondary N) is 1. The van der Waals surface area contributed by atoms with E-state index in [4.69, 9.17) is 11.6 Å². The number of piperidine rings is 1. The summed E-state index contributed by atoms with van der Waals surface area (Å²) in [5.74, 6) is 0.621. The van der Waals surface area contributed by atoms with Crippen molar-refractivity contribution >= 4 is 11.6 Å². The summed E-state index contributed by atoms with van der Waals surface area (Å²) in [5.41, 5.74) is 1.19. The minimum atomic E-state index is 0.508. The van der Waals surface area contributed by atoms with Crippen LogP contribution in [0.4, 0.5) is 0 Å². The summed E-state index contributed by atoms with van der Waals surface area (Å²) in [5, 5.41) is 0.508. The summed E-state index contributed by atoms with van der Waals surface area (Å²) in [6.45, 7) is 2.34. The average Bonchev–Trinajstić information content (AvgIpc) is 2.53. The predicted octanol–water partition coefficient (Wildman–Crippen LogP) is 1.87. The molecule has 1 aromatic rings. The SMILES string of the molecule is CN1CCC(c2cnc(Cl)[nH]2)CC1. The first-order chi connectivity index (χ1) is 6.25. The second kappa shape index (κ2) is 3.68. The molecule has 0 unspecified atom stereocenters. The fraction of sp³-hybridized carbons (Fsp3) is 0.667. The molecule has 72 valence electrons. The third kappa shape index (κ3) is 2.03. The van der Waals surface area contributed by atoms with Crippen LogP contribution in [0.25, 0.3) is 0 Å². The minimum absolute atomic E-state index is 0.508. The summed E-state index contributed by atoms with van der Waals surface area (Å²) in [6, 6.07) is 0. The number of rotatable bonds is 1. The van der Waals surface area contributed by atoms with Crippen LogP contribution in [0.15, 0.2) is 6.20 Å². The van der Waals surface area contributed by atoms with Crippen molar-refractivity contribution in [3.05, 3.63) is 17.2 Å². The van der Waals surface area contributed by atoms with Crippen molar-refractivity contribution in [1.29, 1.82) is 0 Å². The van der Waals surface area contributed by atoms with Crippen molar-refractivity contribution in [1.82, 2.24) is 14.9 Å². The van der Waals surface area contributed by atoms with Crippen LogP contribution in [0.5, 0.6) is 0 Å². The Morgan fingerprint density at radius 2 is 2.23 bits per heavy atom. The van der Waals surface area contributed by atoms with Crippen LogP contribution in [0, 0.1) is 0 Å². The molecule has 13 heavy (non-hydrogen) atoms. The van der Waals surface area contributed by atoms with Crippen LogP contribution in [-0.4, -0.2) is 35.0 Å². The Balaban J connectivity index is 2.02. The number of aromatic nitrogens is 2. The monoisotopic (exact) mass is 199 g/mol. The number of aromatic amines is 1. The number of halogens is 1. The zero-order valence-corrected chi connectivity index (χ0v) is 8.51. The molecule has 1 N–H and O–H groups in total. The Morgan fingerprint density at radius 1 is 1.54 bits per heavy atom. The average molecular weight is 200 g/mol. The standard InChI is InChI=1S/C9H14ClN3/c1-13-4-2-7(3-5-13)8-6-11-9(10)12-8/h6-7H,2-5H2,1H3,(H,11,12). The molecule has 1 fully saturated rings. The molecule has 4 heteroatoms. The van der Waals surface area contributed by atoms with Crippen molar-refractivity contribution in [2.75, 3.05) is 20.1 Å². The highest BCUT2D eigenvalue weighted by Gasteiger charge is 2.19. The van der Waals surface area contributed by atoms with E-state index in [2.05, 4.69) is 21.9 Å². The maximum atomic E-state index is 5.73. The van der Waals surface area contributed by atoms with Crippen molar-refractivity contribution in [2.45, 2.75) is 18.8 Å². The van der Waals surface area contributed by atoms with Gasteiger partial charge >= 0.3 is 0 Å². The molecule has 0 atom stereocenters. The van der Waals surface area contributed by atoms with Crippen molar-refractivity contribution in [3.63, 3.8) is 0 Å². The van der Waals surface area contributed by atoms with E-state index in [0.717, 1.165) is 0 Å². The van der Waals surface area contributed by atoms with Gasteiger partial charge in [-0.3, -0.25) is 0 Å². The Kier molecular flexibility index (Phi) is 2.56. The highest BCUT2D eigenvalue weighted by molar-refractivity contribution is 6.28. The lowest BCUT2D eigenvalue weighted by Gasteiger charge is -2.27. The van der Waals surface area contributed by atoms with Gasteiger partial charge in [-0.1, -0.05) is 0 Å². The number of likely N-dealkylation sites (tertiary alicyclic amines) is 1. The number of nitrogens with zero attached hydrogens (tertiary/aromatic N) is 2. The van der Waals surface area contributed by atoms with E-state index in [-0.39, 0.29) is 0 Å². The van der Waals surface area contributed by atoms with Crippen LogP contribution >= 0.6 is 11.6 Å². The molecule has 1 aromatic heterocycles. The minimum Gasteiger partial charge on any atom is -0.332 e. The number of H-pyrrole nitrogens is 1. The van der Waals surface area contributed by atoms with E-state index in [1.807, 2.05) is 6.20 Å². The summed E-state index contributed by atoms with van der Waals surface area (Å²) in [4.78, 5) is 9.46. The molecule has 0 amide bonds. The predicted molar refractivity (Wildman–Crippen MR) is 53.1 cm³/mol. The molecule has 0 aliphatic carbocycles. The smallest absolute Gasteiger partial charge is 0.200 e. The van der Waals surface area contributed by atoms with Crippen molar-refractivity contribution in [2.24, 2.45) is 0 Å². The number of imidazole rings is 1. The van der Waals surface area contributed by atoms with Gasteiger partial charge in [-0.05, 0) is 44.6 Å². The second-order valence-electron chi connectivity index (χ2n) is 3.71. The van der Waals surface area contributed by atoms with Crippen LogP contribution in [0.1, 0.15) is 24.5 Å². The van der Waals surface area contributed by atoms with E-state index in [1.165, 1.54) is 31.6 Å². The van der Waals surface area contributed by atoms with E-state index in [1.54, 1.807) is 0 Å². The lowest BCUT2D eigenvalue weighted by Crippen LogP contribution is -2.29. The first kappa shape index (κ1) is 9.03. The molecule has 0 bridgehead atoms. The lowest BCUT2D eigenvalue weighted by molar-refractivity contribution is 0.253. The van der Waals surface area contributed by atoms with Gasteiger partial charge in [0.1, 0.15) is 0 Å². The van der Waals surface area contributed by atoms with Crippen molar-refractivity contribution < 1.29 is 0 Å². The zero-order valence-electron chi connectivity index (χ0n) is 7.76. The molecule has 1 saturated heterocycles. The molecule has 0 aromatic carbocycles. The number of hydrogen-bond donors (Lipinski definition) is 1. The van der Waals surface area contributed by atoms with Crippen LogP contribution in [0.2, 0.25) is 5.28 Å². The molecular weight excluding hydrogens is 186 g/mol. The maximum Gasteiger partial charge on any atom is 0.200 e. The Labute approximate surface area is 83.1 Å². The number of hydrogen-bond acceptors (Lipinski definition) is 2. The molecule has 2 rings (SSSR count). The van der Waals surface area contributed by atoms with E-state index in [0.29, 0.717) is 11.2 Å². The van der Waals surface area contributed by atoms with Gasteiger partial charge in [0.05, 0.1) is 0 Å². The van der Waals surface area contributed by atoms with Gasteiger partial charge in [0, 0.05) is 17.8 Å². The Hall–Kier alpha value is -0.540. The lowest BCUT2D eigenvalue weighted by atomic mass is 9.94. The highest BCUT2D eigenvalue weighted by Crippen LogP contribution is 2.26. The molecule has 1 aliphatic heterocycles. The highest BCUT2D eigenvalue weighted by atomic mass is 35.5. The fourth-order valence-electron chi connectivity index (χ4n) is 1.84. The molecular formula is C9H14ClN3. The fourth-order valence-corrected chi connectivity index (χ4v) is 1.99. The van der Waals surface area contributed by atoms with Gasteiger partial charge in [-0.25, -0.2) is 4.98 Å². The summed E-state index contributed by atoms with van der Waals surface area (Å²) in [7, 11) is 2.16. The van der Waals surface area contributed by atoms with Gasteiger partial charge < -0.3 is 9.88 Å². The normalized spacial score (nSPS) is 20.8. The largest absolute Gasteiger partial charge is 0.332 e. The molecule has 2 heterocycles. The van der Waals surface area contributed by atoms with E-state index < -0.39 is 0 Å². The summed E-state index contributed by atoms with van der Waals surface area (Å²) >= 11 is 5.73. The van der Waals surface area contributed by atoms with Gasteiger partial charge in [-0.15, -0.1) is 0 Å². The Morgan fingerprint density at radius 3 is 2.77 bits per heavy atom. The van der Waals surface area contributed by atoms with Gasteiger partial charge in [0.2, 0.25) is 0 Å². The molecule has 0 radical (unpaired) electrons. The Bertz CT molecular complexity index is 276. The quantitative estimate of drug-likeness (QED) is 0.749. The molecule has 0 spiro atoms. The summed E-state index contributed by atoms with van der Waals surface area (Å²) < 4.78 is 0. The first-order valence-corrected chi connectivity index (χ1v) is 5.02. The second-order valence-corrected chi connectivity index (χ2v) is 4.06. The maximum absolute atomic E-state index is 5.73. The zero-order chi connectivity index (χ0) is 9.26. The third-order valence-electron chi connectivity index (χ3n) is 2.72. The van der Waals surface area contributed by atoms with Crippen molar-refractivity contribution in [3.8, 4) is 0 Å². The first-order valence-electron chi connectivity index (χ1n) is 4.64. The third-order valence-corrected chi connectivity index (χ3v) is 2.91. The van der Waals surface area contributed by atoms with Gasteiger partial charge in [-0.2, -0.15) is 0 Å². The summed E-state index contributed by atoms with van der Waals surface area (Å²) in [6.07, 6.45) is 4.27. The molecule has 1 aliphatic rings. The van der Waals surface area contributed by atoms with E-state index >= 15 is 0 Å². The van der Waals surface area contributed by atoms with E-state index in [9.17, 15) is 0 Å². The van der Waals surface area contributed by atoms with Crippen LogP contribution in [0.3, 0.4) is 0 Å².